The predicted octanol–water partition coefficient (Wildman–Crippen LogP) is 1.40. The van der Waals surface area contributed by atoms with Crippen LogP contribution < -0.4 is 5.32 Å². The number of hydrogen-bond acceptors (Lipinski definition) is 3. The molecule has 2 atom stereocenters. The smallest absolute Gasteiger partial charge is 0.250 e. The van der Waals surface area contributed by atoms with E-state index in [1.165, 1.54) is 7.11 Å². The van der Waals surface area contributed by atoms with E-state index in [1.54, 1.807) is 19.1 Å². The number of hydrogen-bond donors (Lipinski definition) is 1. The molecule has 1 N–H and O–H groups in total. The molecular formula is C12H14N2O2. The van der Waals surface area contributed by atoms with Gasteiger partial charge in [0.15, 0.2) is 0 Å². The molecule has 0 saturated carbocycles. The first-order valence-corrected chi connectivity index (χ1v) is 4.96. The molecule has 0 radical (unpaired) electrons. The second-order valence-electron chi connectivity index (χ2n) is 3.36. The topological polar surface area (TPSA) is 62.1 Å². The molecule has 0 aliphatic rings. The van der Waals surface area contributed by atoms with Gasteiger partial charge in [-0.2, -0.15) is 5.26 Å². The van der Waals surface area contributed by atoms with Gasteiger partial charge in [0.25, 0.3) is 0 Å². The summed E-state index contributed by atoms with van der Waals surface area (Å²) in [6.07, 6.45) is -0.556. The van der Waals surface area contributed by atoms with E-state index in [0.29, 0.717) is 0 Å². The standard InChI is InChI=1S/C12H14N2O2/c1-9(16-2)12(15)14-11(8-13)10-6-4-3-5-7-10/h3-7,9,11H,1-2H3,(H,14,15). The molecule has 16 heavy (non-hydrogen) atoms. The second-order valence-corrected chi connectivity index (χ2v) is 3.36. The maximum Gasteiger partial charge on any atom is 0.250 e. The van der Waals surface area contributed by atoms with Crippen LogP contribution >= 0.6 is 0 Å². The third-order valence-electron chi connectivity index (χ3n) is 2.27. The van der Waals surface area contributed by atoms with Gasteiger partial charge in [0.05, 0.1) is 6.07 Å². The van der Waals surface area contributed by atoms with Gasteiger partial charge in [-0.15, -0.1) is 0 Å². The van der Waals surface area contributed by atoms with Crippen molar-refractivity contribution < 1.29 is 9.53 Å². The van der Waals surface area contributed by atoms with Crippen LogP contribution in [-0.4, -0.2) is 19.1 Å². The van der Waals surface area contributed by atoms with E-state index in [4.69, 9.17) is 10.00 Å². The fraction of sp³-hybridized carbons (Fsp3) is 0.333. The third-order valence-corrected chi connectivity index (χ3v) is 2.27. The molecule has 1 amide bonds. The molecule has 2 unspecified atom stereocenters. The fourth-order valence-corrected chi connectivity index (χ4v) is 1.20. The van der Waals surface area contributed by atoms with Crippen molar-refractivity contribution in [1.82, 2.24) is 5.32 Å². The van der Waals surface area contributed by atoms with Crippen LogP contribution in [0.2, 0.25) is 0 Å². The average molecular weight is 218 g/mol. The summed E-state index contributed by atoms with van der Waals surface area (Å²) in [5, 5.41) is 11.6. The maximum absolute atomic E-state index is 11.5. The Morgan fingerprint density at radius 2 is 2.06 bits per heavy atom. The molecule has 1 rings (SSSR count). The average Bonchev–Trinajstić information content (AvgIpc) is 2.35. The number of rotatable bonds is 4. The number of methoxy groups -OCH3 is 1. The summed E-state index contributed by atoms with van der Waals surface area (Å²) in [6.45, 7) is 1.63. The number of nitriles is 1. The van der Waals surface area contributed by atoms with Gasteiger partial charge in [-0.1, -0.05) is 30.3 Å². The molecule has 0 aliphatic heterocycles. The molecule has 0 bridgehead atoms. The first-order chi connectivity index (χ1) is 7.69. The highest BCUT2D eigenvalue weighted by Crippen LogP contribution is 2.11. The van der Waals surface area contributed by atoms with Crippen LogP contribution in [0.5, 0.6) is 0 Å². The number of amides is 1. The minimum absolute atomic E-state index is 0.294. The molecule has 1 aromatic rings. The molecule has 0 saturated heterocycles. The van der Waals surface area contributed by atoms with Crippen LogP contribution in [-0.2, 0) is 9.53 Å². The zero-order valence-corrected chi connectivity index (χ0v) is 9.31. The largest absolute Gasteiger partial charge is 0.372 e. The normalized spacial score (nSPS) is 13.6. The molecule has 0 heterocycles. The van der Waals surface area contributed by atoms with Crippen LogP contribution in [0.3, 0.4) is 0 Å². The summed E-state index contributed by atoms with van der Waals surface area (Å²) >= 11 is 0. The molecule has 1 aromatic carbocycles. The van der Waals surface area contributed by atoms with E-state index < -0.39 is 12.1 Å². The van der Waals surface area contributed by atoms with Crippen LogP contribution in [0.15, 0.2) is 30.3 Å². The minimum atomic E-state index is -0.633. The number of nitrogens with one attached hydrogen (secondary N) is 1. The molecule has 0 aromatic heterocycles. The van der Waals surface area contributed by atoms with Gasteiger partial charge in [-0.3, -0.25) is 4.79 Å². The lowest BCUT2D eigenvalue weighted by Crippen LogP contribution is -2.36. The van der Waals surface area contributed by atoms with E-state index in [2.05, 4.69) is 5.32 Å². The predicted molar refractivity (Wildman–Crippen MR) is 59.4 cm³/mol. The van der Waals surface area contributed by atoms with Gasteiger partial charge in [0, 0.05) is 7.11 Å². The minimum Gasteiger partial charge on any atom is -0.372 e. The van der Waals surface area contributed by atoms with Crippen molar-refractivity contribution >= 4 is 5.91 Å². The SMILES string of the molecule is COC(C)C(=O)NC(C#N)c1ccccc1. The first-order valence-electron chi connectivity index (χ1n) is 4.96. The third kappa shape index (κ3) is 3.07. The quantitative estimate of drug-likeness (QED) is 0.831. The molecular weight excluding hydrogens is 204 g/mol. The lowest BCUT2D eigenvalue weighted by atomic mass is 10.1. The molecule has 0 fully saturated rings. The number of carbonyl (C=O) groups excluding carboxylic acids is 1. The lowest BCUT2D eigenvalue weighted by Gasteiger charge is -2.14. The molecule has 0 spiro atoms. The van der Waals surface area contributed by atoms with E-state index in [-0.39, 0.29) is 5.91 Å². The Morgan fingerprint density at radius 3 is 2.56 bits per heavy atom. The molecule has 4 heteroatoms. The Bertz CT molecular complexity index is 384. The lowest BCUT2D eigenvalue weighted by molar-refractivity contribution is -0.130. The summed E-state index contributed by atoms with van der Waals surface area (Å²) in [6, 6.07) is 10.5. The number of nitrogens with zero attached hydrogens (tertiary/aromatic N) is 1. The summed E-state index contributed by atoms with van der Waals surface area (Å²) in [4.78, 5) is 11.5. The summed E-state index contributed by atoms with van der Waals surface area (Å²) in [5.74, 6) is -0.294. The monoisotopic (exact) mass is 218 g/mol. The van der Waals surface area contributed by atoms with Gasteiger partial charge >= 0.3 is 0 Å². The maximum atomic E-state index is 11.5. The number of carbonyl (C=O) groups is 1. The van der Waals surface area contributed by atoms with Crippen molar-refractivity contribution in [2.75, 3.05) is 7.11 Å². The van der Waals surface area contributed by atoms with Crippen molar-refractivity contribution in [2.45, 2.75) is 19.1 Å². The highest BCUT2D eigenvalue weighted by atomic mass is 16.5. The van der Waals surface area contributed by atoms with Crippen molar-refractivity contribution in [1.29, 1.82) is 5.26 Å². The summed E-state index contributed by atoms with van der Waals surface area (Å²) < 4.78 is 4.87. The Balaban J connectivity index is 2.72. The summed E-state index contributed by atoms with van der Waals surface area (Å²) in [7, 11) is 1.45. The van der Waals surface area contributed by atoms with E-state index >= 15 is 0 Å². The van der Waals surface area contributed by atoms with Gasteiger partial charge in [-0.05, 0) is 12.5 Å². The zero-order valence-electron chi connectivity index (χ0n) is 9.31. The van der Waals surface area contributed by atoms with Crippen LogP contribution in [0, 0.1) is 11.3 Å². The van der Waals surface area contributed by atoms with E-state index in [1.807, 2.05) is 24.3 Å². The Hall–Kier alpha value is -1.86. The second kappa shape index (κ2) is 5.89. The van der Waals surface area contributed by atoms with Crippen molar-refractivity contribution in [3.05, 3.63) is 35.9 Å². The Morgan fingerprint density at radius 1 is 1.44 bits per heavy atom. The van der Waals surface area contributed by atoms with Gasteiger partial charge in [0.2, 0.25) is 5.91 Å². The number of benzene rings is 1. The number of ether oxygens (including phenoxy) is 1. The highest BCUT2D eigenvalue weighted by Gasteiger charge is 2.17. The zero-order chi connectivity index (χ0) is 12.0. The molecule has 0 aliphatic carbocycles. The van der Waals surface area contributed by atoms with Crippen LogP contribution in [0.4, 0.5) is 0 Å². The Labute approximate surface area is 94.8 Å². The van der Waals surface area contributed by atoms with Crippen LogP contribution in [0.1, 0.15) is 18.5 Å². The van der Waals surface area contributed by atoms with Gasteiger partial charge < -0.3 is 10.1 Å². The molecule has 4 nitrogen and oxygen atoms in total. The van der Waals surface area contributed by atoms with E-state index in [0.717, 1.165) is 5.56 Å². The van der Waals surface area contributed by atoms with Crippen LogP contribution in [0.25, 0.3) is 0 Å². The molecule has 84 valence electrons. The van der Waals surface area contributed by atoms with Crippen molar-refractivity contribution in [3.63, 3.8) is 0 Å². The van der Waals surface area contributed by atoms with Crippen molar-refractivity contribution in [3.8, 4) is 6.07 Å². The first kappa shape index (κ1) is 12.2. The highest BCUT2D eigenvalue weighted by molar-refractivity contribution is 5.81. The fourth-order valence-electron chi connectivity index (χ4n) is 1.20. The summed E-state index contributed by atoms with van der Waals surface area (Å²) in [5.41, 5.74) is 0.765. The van der Waals surface area contributed by atoms with Gasteiger partial charge in [0.1, 0.15) is 12.1 Å². The Kier molecular flexibility index (Phi) is 4.49. The van der Waals surface area contributed by atoms with Crippen molar-refractivity contribution in [2.24, 2.45) is 0 Å². The van der Waals surface area contributed by atoms with E-state index in [9.17, 15) is 4.79 Å². The van der Waals surface area contributed by atoms with Gasteiger partial charge in [-0.25, -0.2) is 0 Å².